The molecule has 0 amide bonds. The van der Waals surface area contributed by atoms with Crippen LogP contribution in [0.15, 0.2) is 6.20 Å². The van der Waals surface area contributed by atoms with E-state index in [1.807, 2.05) is 0 Å². The highest BCUT2D eigenvalue weighted by Crippen LogP contribution is 2.24. The molecule has 21 heavy (non-hydrogen) atoms. The van der Waals surface area contributed by atoms with Crippen molar-refractivity contribution in [3.05, 3.63) is 11.9 Å². The summed E-state index contributed by atoms with van der Waals surface area (Å²) >= 11 is 0. The molecule has 0 spiro atoms. The van der Waals surface area contributed by atoms with Crippen LogP contribution in [0.5, 0.6) is 0 Å². The van der Waals surface area contributed by atoms with Crippen molar-refractivity contribution in [2.75, 3.05) is 38.2 Å². The van der Waals surface area contributed by atoms with Crippen LogP contribution in [0.25, 0.3) is 0 Å². The summed E-state index contributed by atoms with van der Waals surface area (Å²) < 4.78 is 7.75. The van der Waals surface area contributed by atoms with Crippen LogP contribution in [0.1, 0.15) is 44.3 Å². The topological polar surface area (TPSA) is 42.3 Å². The second-order valence-electron chi connectivity index (χ2n) is 6.50. The van der Waals surface area contributed by atoms with Crippen LogP contribution < -0.4 is 5.32 Å². The van der Waals surface area contributed by atoms with Gasteiger partial charge in [-0.1, -0.05) is 12.8 Å². The van der Waals surface area contributed by atoms with Gasteiger partial charge in [0.15, 0.2) is 0 Å². The van der Waals surface area contributed by atoms with E-state index in [-0.39, 0.29) is 0 Å². The number of nitrogens with one attached hydrogen (secondary N) is 1. The molecule has 1 aromatic heterocycles. The molecule has 1 saturated heterocycles. The van der Waals surface area contributed by atoms with E-state index >= 15 is 0 Å². The standard InChI is InChI=1S/C16H28N4O/c1-13-11-20(14(2)12-19-7-9-21-10-8-19)16(17-13)18-15-5-3-4-6-15/h11,14-15H,3-10,12H2,1-2H3,(H,17,18). The molecule has 5 heteroatoms. The molecule has 2 aliphatic rings. The van der Waals surface area contributed by atoms with Crippen LogP contribution in [0.2, 0.25) is 0 Å². The molecule has 2 heterocycles. The lowest BCUT2D eigenvalue weighted by Gasteiger charge is -2.30. The number of hydrogen-bond acceptors (Lipinski definition) is 4. The summed E-state index contributed by atoms with van der Waals surface area (Å²) in [6.07, 6.45) is 7.44. The summed E-state index contributed by atoms with van der Waals surface area (Å²) in [5, 5.41) is 3.66. The Kier molecular flexibility index (Phi) is 4.80. The number of imidazole rings is 1. The third-order valence-electron chi connectivity index (χ3n) is 4.64. The Morgan fingerprint density at radius 3 is 2.76 bits per heavy atom. The second kappa shape index (κ2) is 6.79. The predicted octanol–water partition coefficient (Wildman–Crippen LogP) is 2.44. The van der Waals surface area contributed by atoms with E-state index in [9.17, 15) is 0 Å². The molecule has 3 rings (SSSR count). The van der Waals surface area contributed by atoms with E-state index in [0.717, 1.165) is 44.5 Å². The molecule has 1 saturated carbocycles. The third-order valence-corrected chi connectivity index (χ3v) is 4.64. The smallest absolute Gasteiger partial charge is 0.203 e. The molecule has 0 bridgehead atoms. The van der Waals surface area contributed by atoms with Gasteiger partial charge in [-0.15, -0.1) is 0 Å². The van der Waals surface area contributed by atoms with Crippen LogP contribution in [0, 0.1) is 6.92 Å². The summed E-state index contributed by atoms with van der Waals surface area (Å²) in [5.41, 5.74) is 1.10. The molecular formula is C16H28N4O. The third kappa shape index (κ3) is 3.77. The molecule has 1 N–H and O–H groups in total. The summed E-state index contributed by atoms with van der Waals surface area (Å²) in [7, 11) is 0. The maximum Gasteiger partial charge on any atom is 0.203 e. The zero-order chi connectivity index (χ0) is 14.7. The van der Waals surface area contributed by atoms with Crippen LogP contribution in [-0.4, -0.2) is 53.3 Å². The Balaban J connectivity index is 1.64. The molecule has 0 radical (unpaired) electrons. The number of anilines is 1. The Bertz CT molecular complexity index is 447. The van der Waals surface area contributed by atoms with Gasteiger partial charge >= 0.3 is 0 Å². The van der Waals surface area contributed by atoms with E-state index < -0.39 is 0 Å². The van der Waals surface area contributed by atoms with Gasteiger partial charge in [0.25, 0.3) is 0 Å². The van der Waals surface area contributed by atoms with Gasteiger partial charge in [0.2, 0.25) is 5.95 Å². The highest BCUT2D eigenvalue weighted by Gasteiger charge is 2.20. The molecule has 2 fully saturated rings. The van der Waals surface area contributed by atoms with E-state index in [1.54, 1.807) is 0 Å². The van der Waals surface area contributed by atoms with Gasteiger partial charge in [0.05, 0.1) is 18.9 Å². The lowest BCUT2D eigenvalue weighted by atomic mass is 10.2. The maximum atomic E-state index is 5.43. The quantitative estimate of drug-likeness (QED) is 0.905. The molecule has 1 aromatic rings. The minimum absolute atomic E-state index is 0.438. The predicted molar refractivity (Wildman–Crippen MR) is 84.8 cm³/mol. The molecule has 1 aliphatic heterocycles. The number of aryl methyl sites for hydroxylation is 1. The minimum Gasteiger partial charge on any atom is -0.379 e. The molecular weight excluding hydrogens is 264 g/mol. The highest BCUT2D eigenvalue weighted by molar-refractivity contribution is 5.31. The number of ether oxygens (including phenoxy) is 1. The summed E-state index contributed by atoms with van der Waals surface area (Å²) in [6.45, 7) is 9.26. The largest absolute Gasteiger partial charge is 0.379 e. The fourth-order valence-corrected chi connectivity index (χ4v) is 3.46. The monoisotopic (exact) mass is 292 g/mol. The fourth-order valence-electron chi connectivity index (χ4n) is 3.46. The average Bonchev–Trinajstić information content (AvgIpc) is 3.10. The lowest BCUT2D eigenvalue weighted by molar-refractivity contribution is 0.0326. The van der Waals surface area contributed by atoms with Crippen molar-refractivity contribution in [2.24, 2.45) is 0 Å². The van der Waals surface area contributed by atoms with E-state index in [2.05, 4.69) is 34.8 Å². The first-order valence-corrected chi connectivity index (χ1v) is 8.34. The zero-order valence-corrected chi connectivity index (χ0v) is 13.3. The van der Waals surface area contributed by atoms with Crippen molar-refractivity contribution in [1.29, 1.82) is 0 Å². The number of aromatic nitrogens is 2. The van der Waals surface area contributed by atoms with Crippen LogP contribution in [0.4, 0.5) is 5.95 Å². The second-order valence-corrected chi connectivity index (χ2v) is 6.50. The summed E-state index contributed by atoms with van der Waals surface area (Å²) in [4.78, 5) is 7.19. The Labute approximate surface area is 127 Å². The summed E-state index contributed by atoms with van der Waals surface area (Å²) in [5.74, 6) is 1.06. The Morgan fingerprint density at radius 1 is 1.33 bits per heavy atom. The van der Waals surface area contributed by atoms with Crippen molar-refractivity contribution < 1.29 is 4.74 Å². The molecule has 1 atom stereocenters. The number of morpholine rings is 1. The molecule has 5 nitrogen and oxygen atoms in total. The van der Waals surface area contributed by atoms with E-state index in [0.29, 0.717) is 12.1 Å². The number of hydrogen-bond donors (Lipinski definition) is 1. The molecule has 118 valence electrons. The van der Waals surface area contributed by atoms with Crippen molar-refractivity contribution in [2.45, 2.75) is 51.6 Å². The Morgan fingerprint density at radius 2 is 2.05 bits per heavy atom. The molecule has 1 unspecified atom stereocenters. The minimum atomic E-state index is 0.438. The van der Waals surface area contributed by atoms with Gasteiger partial charge in [-0.05, 0) is 26.7 Å². The first-order valence-electron chi connectivity index (χ1n) is 8.34. The van der Waals surface area contributed by atoms with Crippen molar-refractivity contribution in [3.8, 4) is 0 Å². The van der Waals surface area contributed by atoms with Crippen molar-refractivity contribution in [1.82, 2.24) is 14.5 Å². The first kappa shape index (κ1) is 14.9. The van der Waals surface area contributed by atoms with E-state index in [1.165, 1.54) is 25.7 Å². The molecule has 0 aromatic carbocycles. The van der Waals surface area contributed by atoms with Crippen molar-refractivity contribution >= 4 is 5.95 Å². The van der Waals surface area contributed by atoms with Gasteiger partial charge in [0, 0.05) is 37.9 Å². The number of nitrogens with zero attached hydrogens (tertiary/aromatic N) is 3. The Hall–Kier alpha value is -1.07. The van der Waals surface area contributed by atoms with Gasteiger partial charge in [0.1, 0.15) is 0 Å². The summed E-state index contributed by atoms with van der Waals surface area (Å²) in [6, 6.07) is 1.05. The van der Waals surface area contributed by atoms with Gasteiger partial charge in [-0.3, -0.25) is 4.90 Å². The van der Waals surface area contributed by atoms with Crippen molar-refractivity contribution in [3.63, 3.8) is 0 Å². The van der Waals surface area contributed by atoms with Crippen LogP contribution >= 0.6 is 0 Å². The van der Waals surface area contributed by atoms with Gasteiger partial charge in [-0.2, -0.15) is 0 Å². The van der Waals surface area contributed by atoms with Gasteiger partial charge in [-0.25, -0.2) is 4.98 Å². The highest BCUT2D eigenvalue weighted by atomic mass is 16.5. The maximum absolute atomic E-state index is 5.43. The lowest BCUT2D eigenvalue weighted by Crippen LogP contribution is -2.39. The average molecular weight is 292 g/mol. The SMILES string of the molecule is Cc1cn(C(C)CN2CCOCC2)c(NC2CCCC2)n1. The van der Waals surface area contributed by atoms with E-state index in [4.69, 9.17) is 9.72 Å². The first-order chi connectivity index (χ1) is 10.2. The fraction of sp³-hybridized carbons (Fsp3) is 0.812. The van der Waals surface area contributed by atoms with Gasteiger partial charge < -0.3 is 14.6 Å². The number of rotatable bonds is 5. The van der Waals surface area contributed by atoms with Crippen LogP contribution in [0.3, 0.4) is 0 Å². The normalized spacial score (nSPS) is 22.6. The molecule has 1 aliphatic carbocycles. The van der Waals surface area contributed by atoms with Crippen LogP contribution in [-0.2, 0) is 4.74 Å². The zero-order valence-electron chi connectivity index (χ0n) is 13.3.